The molecule has 0 aliphatic carbocycles. The van der Waals surface area contributed by atoms with E-state index < -0.39 is 5.97 Å². The van der Waals surface area contributed by atoms with Crippen molar-refractivity contribution in [3.05, 3.63) is 57.3 Å². The first-order chi connectivity index (χ1) is 10.1. The summed E-state index contributed by atoms with van der Waals surface area (Å²) in [6.07, 6.45) is 1.03. The van der Waals surface area contributed by atoms with Crippen LogP contribution in [0.4, 0.5) is 0 Å². The average Bonchev–Trinajstić information content (AvgIpc) is 2.98. The van der Waals surface area contributed by atoms with Crippen molar-refractivity contribution in [1.29, 1.82) is 0 Å². The number of nitrogens with zero attached hydrogens (tertiary/aromatic N) is 1. The molecule has 108 valence electrons. The first-order valence-corrected chi connectivity index (χ1v) is 7.67. The van der Waals surface area contributed by atoms with Gasteiger partial charge < -0.3 is 10.0 Å². The van der Waals surface area contributed by atoms with Crippen LogP contribution in [0.1, 0.15) is 26.4 Å². The van der Waals surface area contributed by atoms with Crippen molar-refractivity contribution in [1.82, 2.24) is 4.90 Å². The van der Waals surface area contributed by atoms with Crippen LogP contribution >= 0.6 is 11.3 Å². The monoisotopic (exact) mass is 301 g/mol. The van der Waals surface area contributed by atoms with E-state index in [-0.39, 0.29) is 5.91 Å². The topological polar surface area (TPSA) is 57.6 Å². The van der Waals surface area contributed by atoms with Gasteiger partial charge in [0, 0.05) is 18.0 Å². The van der Waals surface area contributed by atoms with Gasteiger partial charge in [0.1, 0.15) is 0 Å². The maximum absolute atomic E-state index is 12.3. The lowest BCUT2D eigenvalue weighted by molar-refractivity contribution is -0.131. The lowest BCUT2D eigenvalue weighted by atomic mass is 9.94. The molecule has 1 aromatic heterocycles. The van der Waals surface area contributed by atoms with E-state index in [4.69, 9.17) is 0 Å². The van der Waals surface area contributed by atoms with Crippen molar-refractivity contribution >= 4 is 23.2 Å². The fraction of sp³-hybridized carbons (Fsp3) is 0.250. The van der Waals surface area contributed by atoms with Crippen molar-refractivity contribution in [2.75, 3.05) is 6.54 Å². The summed E-state index contributed by atoms with van der Waals surface area (Å²) in [6.45, 7) is 1.09. The van der Waals surface area contributed by atoms with E-state index in [1.807, 2.05) is 28.5 Å². The second-order valence-corrected chi connectivity index (χ2v) is 6.10. The van der Waals surface area contributed by atoms with Gasteiger partial charge in [-0.1, -0.05) is 18.2 Å². The summed E-state index contributed by atoms with van der Waals surface area (Å²) < 4.78 is 0. The fourth-order valence-corrected chi connectivity index (χ4v) is 3.39. The summed E-state index contributed by atoms with van der Waals surface area (Å²) in [4.78, 5) is 26.4. The van der Waals surface area contributed by atoms with Crippen LogP contribution in [0.3, 0.4) is 0 Å². The minimum atomic E-state index is -0.898. The molecule has 4 nitrogen and oxygen atoms in total. The molecule has 1 amide bonds. The van der Waals surface area contributed by atoms with Crippen LogP contribution < -0.4 is 0 Å². The molecule has 1 aromatic carbocycles. The van der Waals surface area contributed by atoms with Gasteiger partial charge in [0.05, 0.1) is 12.0 Å². The van der Waals surface area contributed by atoms with Gasteiger partial charge in [-0.3, -0.25) is 4.79 Å². The molecule has 2 heterocycles. The molecule has 0 bridgehead atoms. The minimum Gasteiger partial charge on any atom is -0.478 e. The maximum Gasteiger partial charge on any atom is 0.335 e. The minimum absolute atomic E-state index is 0.101. The van der Waals surface area contributed by atoms with E-state index in [2.05, 4.69) is 0 Å². The smallest absolute Gasteiger partial charge is 0.335 e. The molecule has 0 unspecified atom stereocenters. The van der Waals surface area contributed by atoms with E-state index in [0.29, 0.717) is 31.5 Å². The summed E-state index contributed by atoms with van der Waals surface area (Å²) in [7, 11) is 0. The molecule has 1 aliphatic heterocycles. The van der Waals surface area contributed by atoms with Crippen LogP contribution in [0.2, 0.25) is 0 Å². The zero-order chi connectivity index (χ0) is 14.8. The molecule has 0 fully saturated rings. The Morgan fingerprint density at radius 3 is 2.81 bits per heavy atom. The van der Waals surface area contributed by atoms with Crippen LogP contribution in [0.25, 0.3) is 0 Å². The highest BCUT2D eigenvalue weighted by Gasteiger charge is 2.24. The molecule has 3 rings (SSSR count). The summed E-state index contributed by atoms with van der Waals surface area (Å²) in [5.41, 5.74) is 2.17. The van der Waals surface area contributed by atoms with Gasteiger partial charge in [0.25, 0.3) is 0 Å². The highest BCUT2D eigenvalue weighted by molar-refractivity contribution is 7.10. The van der Waals surface area contributed by atoms with Gasteiger partial charge >= 0.3 is 5.97 Å². The van der Waals surface area contributed by atoms with Gasteiger partial charge in [-0.15, -0.1) is 11.3 Å². The van der Waals surface area contributed by atoms with Gasteiger partial charge in [-0.2, -0.15) is 0 Å². The molecule has 0 radical (unpaired) electrons. The highest BCUT2D eigenvalue weighted by atomic mass is 32.1. The first-order valence-electron chi connectivity index (χ1n) is 6.79. The number of fused-ring (bicyclic) bond motifs is 1. The second kappa shape index (κ2) is 5.69. The summed E-state index contributed by atoms with van der Waals surface area (Å²) in [5, 5.41) is 11.2. The Morgan fingerprint density at radius 1 is 1.24 bits per heavy atom. The van der Waals surface area contributed by atoms with Crippen LogP contribution in [-0.2, 0) is 24.2 Å². The lowest BCUT2D eigenvalue weighted by Crippen LogP contribution is -2.37. The number of amides is 1. The van der Waals surface area contributed by atoms with Crippen molar-refractivity contribution in [2.24, 2.45) is 0 Å². The normalized spacial score (nSPS) is 13.8. The quantitative estimate of drug-likeness (QED) is 0.948. The van der Waals surface area contributed by atoms with E-state index in [0.717, 1.165) is 16.0 Å². The van der Waals surface area contributed by atoms with Gasteiger partial charge in [0.15, 0.2) is 0 Å². The van der Waals surface area contributed by atoms with Crippen molar-refractivity contribution in [2.45, 2.75) is 19.4 Å². The Bertz CT molecular complexity index is 679. The van der Waals surface area contributed by atoms with Gasteiger partial charge in [-0.05, 0) is 35.1 Å². The largest absolute Gasteiger partial charge is 0.478 e. The Morgan fingerprint density at radius 2 is 2.10 bits per heavy atom. The van der Waals surface area contributed by atoms with Crippen molar-refractivity contribution < 1.29 is 14.7 Å². The zero-order valence-electron chi connectivity index (χ0n) is 11.4. The molecular weight excluding hydrogens is 286 g/mol. The number of aromatic carboxylic acids is 1. The summed E-state index contributed by atoms with van der Waals surface area (Å²) in [6, 6.07) is 9.19. The number of hydrogen-bond donors (Lipinski definition) is 1. The predicted molar refractivity (Wildman–Crippen MR) is 80.5 cm³/mol. The average molecular weight is 301 g/mol. The molecule has 0 spiro atoms. The first kappa shape index (κ1) is 13.8. The number of carbonyl (C=O) groups is 2. The highest BCUT2D eigenvalue weighted by Crippen LogP contribution is 2.23. The van der Waals surface area contributed by atoms with E-state index in [9.17, 15) is 14.7 Å². The number of carbonyl (C=O) groups excluding carboxylic acids is 1. The Hall–Kier alpha value is -2.14. The number of thiophene rings is 1. The van der Waals surface area contributed by atoms with Crippen LogP contribution in [0.5, 0.6) is 0 Å². The third-order valence-corrected chi connectivity index (χ3v) is 4.63. The Labute approximate surface area is 126 Å². The summed E-state index contributed by atoms with van der Waals surface area (Å²) in [5.74, 6) is -0.797. The third kappa shape index (κ3) is 2.83. The molecular formula is C16H15NO3S. The van der Waals surface area contributed by atoms with E-state index in [1.165, 1.54) is 0 Å². The van der Waals surface area contributed by atoms with E-state index in [1.54, 1.807) is 23.5 Å². The second-order valence-electron chi connectivity index (χ2n) is 5.07. The predicted octanol–water partition coefficient (Wildman–Crippen LogP) is 2.57. The van der Waals surface area contributed by atoms with Gasteiger partial charge in [0.2, 0.25) is 5.91 Å². The van der Waals surface area contributed by atoms with Crippen LogP contribution in [-0.4, -0.2) is 28.4 Å². The third-order valence-electron chi connectivity index (χ3n) is 3.75. The molecule has 0 saturated heterocycles. The van der Waals surface area contributed by atoms with Crippen LogP contribution in [0, 0.1) is 0 Å². The molecule has 0 atom stereocenters. The number of rotatable bonds is 3. The molecule has 1 aliphatic rings. The summed E-state index contributed by atoms with van der Waals surface area (Å²) >= 11 is 1.58. The lowest BCUT2D eigenvalue weighted by Gasteiger charge is -2.29. The number of hydrogen-bond acceptors (Lipinski definition) is 3. The molecule has 0 saturated carbocycles. The number of benzene rings is 1. The molecule has 5 heteroatoms. The fourth-order valence-electron chi connectivity index (χ4n) is 2.70. The maximum atomic E-state index is 12.3. The van der Waals surface area contributed by atoms with Crippen LogP contribution in [0.15, 0.2) is 35.7 Å². The number of carboxylic acid groups (broad SMARTS) is 1. The van der Waals surface area contributed by atoms with Crippen molar-refractivity contribution in [3.63, 3.8) is 0 Å². The van der Waals surface area contributed by atoms with Gasteiger partial charge in [-0.25, -0.2) is 4.79 Å². The zero-order valence-corrected chi connectivity index (χ0v) is 12.2. The van der Waals surface area contributed by atoms with E-state index >= 15 is 0 Å². The standard InChI is InChI=1S/C16H15NO3S/c18-15(9-12-4-2-8-21-12)17-7-6-13-11(10-17)3-1-5-14(13)16(19)20/h1-5,8H,6-7,9-10H2,(H,19,20). The Kier molecular flexibility index (Phi) is 3.75. The molecule has 1 N–H and O–H groups in total. The van der Waals surface area contributed by atoms with Crippen molar-refractivity contribution in [3.8, 4) is 0 Å². The Balaban J connectivity index is 1.77. The molecule has 2 aromatic rings. The SMILES string of the molecule is O=C(O)c1cccc2c1CCN(C(=O)Cc1cccs1)C2. The molecule has 21 heavy (non-hydrogen) atoms. The number of carboxylic acids is 1.